The maximum atomic E-state index is 16.9. The number of carbonyl (C=O) groups excluding carboxylic acids is 4. The molecule has 19 heteroatoms. The van der Waals surface area contributed by atoms with E-state index in [1.54, 1.807) is 49.0 Å². The number of benzene rings is 3. The number of aromatic nitrogens is 5. The van der Waals surface area contributed by atoms with E-state index < -0.39 is 54.4 Å². The Morgan fingerprint density at radius 3 is 2.13 bits per heavy atom. The number of thioether (sulfide) groups is 1. The first-order valence-electron chi connectivity index (χ1n) is 23.0. The number of halogens is 2. The van der Waals surface area contributed by atoms with Crippen LogP contribution < -0.4 is 15.4 Å². The molecule has 0 saturated carbocycles. The molecule has 0 bridgehead atoms. The monoisotopic (exact) mass is 963 g/mol. The molecule has 3 aromatic carbocycles. The molecule has 3 aliphatic heterocycles. The van der Waals surface area contributed by atoms with Crippen molar-refractivity contribution in [2.75, 3.05) is 33.6 Å². The Bertz CT molecular complexity index is 2930. The molecule has 1 unspecified atom stereocenters. The average Bonchev–Trinajstić information content (AvgIpc) is 4.21. The molecule has 2 fully saturated rings. The fourth-order valence-corrected chi connectivity index (χ4v) is 10.2. The van der Waals surface area contributed by atoms with Crippen molar-refractivity contribution in [1.29, 1.82) is 0 Å². The molecular weight excluding hydrogens is 909 g/mol. The minimum atomic E-state index is -1.28. The highest BCUT2D eigenvalue weighted by Gasteiger charge is 2.42. The molecule has 3 aromatic heterocycles. The molecule has 0 spiro atoms. The average molecular weight is 964 g/mol. The molecule has 9 rings (SSSR count). The lowest BCUT2D eigenvalue weighted by Gasteiger charge is -2.31. The molecule has 4 amide bonds. The standard InChI is InChI=1S/C50H55F2N9O7S/c1-25(2)42(57-49(64)66-5)46(62)59-15-9-12-37(59)44-53-23-35(56-44)29-18-33(52)41-38-19-30-16-27(13-14-36(30)61(38)48(68-40(41)20-29)28-10-8-11-32(17-28)69-7)34-22-54-45(55-34)39-21-31(51)24-60(39)47(63)43(26(3)4)58-50(65)67-6/h8,10-11,13-14,16-20,22-23,25-26,31,37,39,42-43,48H,9,12,15,21,24H2,1-7H3,(H,53,56)(H,54,55)(H,57,64)(H,58,65)/t31-,37+,39+,42+,43+,48?/m1/s1. The Balaban J connectivity index is 1.04. The van der Waals surface area contributed by atoms with E-state index in [1.165, 1.54) is 25.2 Å². The molecule has 6 atom stereocenters. The summed E-state index contributed by atoms with van der Waals surface area (Å²) in [5.74, 6) is -0.339. The van der Waals surface area contributed by atoms with E-state index in [0.29, 0.717) is 53.0 Å². The minimum absolute atomic E-state index is 0.0386. The number of nitrogens with zero attached hydrogens (tertiary/aromatic N) is 5. The van der Waals surface area contributed by atoms with Crippen LogP contribution in [0, 0.1) is 17.7 Å². The van der Waals surface area contributed by atoms with Crippen LogP contribution in [-0.4, -0.2) is 110 Å². The molecule has 2 saturated heterocycles. The highest BCUT2D eigenvalue weighted by atomic mass is 32.2. The van der Waals surface area contributed by atoms with Crippen molar-refractivity contribution in [2.45, 2.75) is 88.4 Å². The number of amides is 4. The minimum Gasteiger partial charge on any atom is -0.465 e. The van der Waals surface area contributed by atoms with Crippen molar-refractivity contribution < 1.29 is 42.2 Å². The fourth-order valence-electron chi connectivity index (χ4n) is 9.78. The zero-order valence-electron chi connectivity index (χ0n) is 39.3. The van der Waals surface area contributed by atoms with Gasteiger partial charge in [-0.15, -0.1) is 11.8 Å². The summed E-state index contributed by atoms with van der Waals surface area (Å²) >= 11 is 1.60. The van der Waals surface area contributed by atoms with Crippen molar-refractivity contribution in [3.8, 4) is 39.5 Å². The molecule has 0 radical (unpaired) electrons. The van der Waals surface area contributed by atoms with Gasteiger partial charge in [-0.05, 0) is 73.4 Å². The van der Waals surface area contributed by atoms with Gasteiger partial charge in [-0.1, -0.05) is 45.9 Å². The summed E-state index contributed by atoms with van der Waals surface area (Å²) < 4.78 is 50.4. The maximum absolute atomic E-state index is 16.9. The molecular formula is C50H55F2N9O7S. The third-order valence-electron chi connectivity index (χ3n) is 13.3. The third-order valence-corrected chi connectivity index (χ3v) is 14.0. The van der Waals surface area contributed by atoms with Crippen LogP contribution in [0.5, 0.6) is 5.75 Å². The van der Waals surface area contributed by atoms with Gasteiger partial charge in [0.25, 0.3) is 0 Å². The number of H-pyrrole nitrogens is 2. The highest BCUT2D eigenvalue weighted by Crippen LogP contribution is 2.48. The van der Waals surface area contributed by atoms with Crippen molar-refractivity contribution in [1.82, 2.24) is 44.9 Å². The number of hydrogen-bond acceptors (Lipinski definition) is 10. The number of aromatic amines is 2. The largest absolute Gasteiger partial charge is 0.465 e. The van der Waals surface area contributed by atoms with Gasteiger partial charge in [-0.25, -0.2) is 28.3 Å². The predicted molar refractivity (Wildman–Crippen MR) is 255 cm³/mol. The summed E-state index contributed by atoms with van der Waals surface area (Å²) in [5.41, 5.74) is 5.00. The summed E-state index contributed by atoms with van der Waals surface area (Å²) in [4.78, 5) is 72.0. The Hall–Kier alpha value is -6.89. The van der Waals surface area contributed by atoms with Crippen LogP contribution in [0.4, 0.5) is 18.4 Å². The summed E-state index contributed by atoms with van der Waals surface area (Å²) in [5, 5.41) is 6.07. The lowest BCUT2D eigenvalue weighted by Crippen LogP contribution is -2.51. The zero-order chi connectivity index (χ0) is 48.8. The van der Waals surface area contributed by atoms with Crippen molar-refractivity contribution in [3.05, 3.63) is 96.1 Å². The number of carbonyl (C=O) groups is 4. The van der Waals surface area contributed by atoms with E-state index in [4.69, 9.17) is 14.2 Å². The number of rotatable bonds is 12. The molecule has 6 aromatic rings. The first-order valence-corrected chi connectivity index (χ1v) is 24.2. The molecule has 6 heterocycles. The lowest BCUT2D eigenvalue weighted by molar-refractivity contribution is -0.136. The Labute approximate surface area is 401 Å². The number of imidazole rings is 2. The third kappa shape index (κ3) is 8.99. The first-order chi connectivity index (χ1) is 33.2. The topological polar surface area (TPSA) is 189 Å². The van der Waals surface area contributed by atoms with Gasteiger partial charge < -0.3 is 49.2 Å². The fraction of sp³-hybridized carbons (Fsp3) is 0.400. The second-order valence-electron chi connectivity index (χ2n) is 18.4. The van der Waals surface area contributed by atoms with Crippen LogP contribution >= 0.6 is 11.8 Å². The zero-order valence-corrected chi connectivity index (χ0v) is 40.2. The van der Waals surface area contributed by atoms with Gasteiger partial charge in [-0.3, -0.25) is 9.59 Å². The van der Waals surface area contributed by atoms with Gasteiger partial charge >= 0.3 is 12.2 Å². The van der Waals surface area contributed by atoms with Crippen molar-refractivity contribution in [3.63, 3.8) is 0 Å². The van der Waals surface area contributed by atoms with Gasteiger partial charge in [0, 0.05) is 39.9 Å². The van der Waals surface area contributed by atoms with E-state index in [0.717, 1.165) is 33.3 Å². The Morgan fingerprint density at radius 1 is 0.826 bits per heavy atom. The summed E-state index contributed by atoms with van der Waals surface area (Å²) in [6, 6.07) is 16.3. The van der Waals surface area contributed by atoms with Crippen LogP contribution in [0.3, 0.4) is 0 Å². The maximum Gasteiger partial charge on any atom is 0.407 e. The van der Waals surface area contributed by atoms with Gasteiger partial charge in [-0.2, -0.15) is 0 Å². The van der Waals surface area contributed by atoms with Gasteiger partial charge in [0.2, 0.25) is 18.0 Å². The van der Waals surface area contributed by atoms with Crippen molar-refractivity contribution >= 4 is 46.7 Å². The van der Waals surface area contributed by atoms with E-state index in [2.05, 4.69) is 36.6 Å². The number of likely N-dealkylation sites (tertiary alicyclic amines) is 2. The van der Waals surface area contributed by atoms with Crippen LogP contribution in [0.2, 0.25) is 0 Å². The van der Waals surface area contributed by atoms with E-state index in [9.17, 15) is 19.2 Å². The number of hydrogen-bond donors (Lipinski definition) is 4. The SMILES string of the molecule is COC(=O)N[C@H](C(=O)N1CCC[C@H]1c1ncc(-c2cc(F)c3c(c2)OC(c2cccc(SC)c2)n2c-3cc3cc(-c4cnc([C@@H]5C[C@@H](F)CN5C(=O)[C@@H](NC(=O)OC)C(C)C)[nH]4)ccc32)[nH]1)C(C)C. The van der Waals surface area contributed by atoms with E-state index >= 15 is 8.78 Å². The smallest absolute Gasteiger partial charge is 0.407 e. The van der Waals surface area contributed by atoms with Crippen LogP contribution in [-0.2, 0) is 19.1 Å². The predicted octanol–water partition coefficient (Wildman–Crippen LogP) is 8.93. The van der Waals surface area contributed by atoms with E-state index in [1.807, 2.05) is 67.1 Å². The molecule has 16 nitrogen and oxygen atoms in total. The number of methoxy groups -OCH3 is 2. The van der Waals surface area contributed by atoms with Crippen LogP contribution in [0.15, 0.2) is 78.0 Å². The number of alkyl halides is 1. The van der Waals surface area contributed by atoms with E-state index in [-0.39, 0.29) is 42.3 Å². The molecule has 4 N–H and O–H groups in total. The normalized spacial score (nSPS) is 19.6. The van der Waals surface area contributed by atoms with Crippen LogP contribution in [0.1, 0.15) is 82.5 Å². The molecule has 0 aliphatic carbocycles. The van der Waals surface area contributed by atoms with Crippen LogP contribution in [0.25, 0.3) is 44.7 Å². The van der Waals surface area contributed by atoms with Gasteiger partial charge in [0.15, 0.2) is 0 Å². The molecule has 3 aliphatic rings. The number of fused-ring (bicyclic) bond motifs is 5. The van der Waals surface area contributed by atoms with Gasteiger partial charge in [0.05, 0.1) is 73.4 Å². The molecule has 362 valence electrons. The quantitative estimate of drug-likeness (QED) is 0.0863. The number of ether oxygens (including phenoxy) is 3. The highest BCUT2D eigenvalue weighted by molar-refractivity contribution is 7.98. The second kappa shape index (κ2) is 19.2. The first kappa shape index (κ1) is 47.2. The summed E-state index contributed by atoms with van der Waals surface area (Å²) in [6.07, 6.45) is 3.33. The molecule has 69 heavy (non-hydrogen) atoms. The summed E-state index contributed by atoms with van der Waals surface area (Å²) in [6.45, 7) is 7.66. The Morgan fingerprint density at radius 2 is 1.48 bits per heavy atom. The van der Waals surface area contributed by atoms with Crippen molar-refractivity contribution in [2.24, 2.45) is 11.8 Å². The lowest BCUT2D eigenvalue weighted by atomic mass is 10.0. The number of nitrogens with one attached hydrogen (secondary N) is 4. The summed E-state index contributed by atoms with van der Waals surface area (Å²) in [7, 11) is 2.48. The Kier molecular flexibility index (Phi) is 13.2. The number of alkyl carbamates (subject to hydrolysis) is 2. The second-order valence-corrected chi connectivity index (χ2v) is 19.2. The van der Waals surface area contributed by atoms with Gasteiger partial charge in [0.1, 0.15) is 41.5 Å².